The average Bonchev–Trinajstić information content (AvgIpc) is 3.23. The van der Waals surface area contributed by atoms with Gasteiger partial charge >= 0.3 is 5.97 Å². The molecule has 0 saturated heterocycles. The van der Waals surface area contributed by atoms with Crippen LogP contribution >= 0.6 is 0 Å². The van der Waals surface area contributed by atoms with Gasteiger partial charge in [0.25, 0.3) is 0 Å². The molecule has 6 nitrogen and oxygen atoms in total. The van der Waals surface area contributed by atoms with Crippen molar-refractivity contribution < 1.29 is 19.4 Å². The van der Waals surface area contributed by atoms with Crippen LogP contribution in [0, 0.1) is 6.92 Å². The molecular formula is C25H30N2O4. The topological polar surface area (TPSA) is 73.6 Å². The predicted molar refractivity (Wildman–Crippen MR) is 120 cm³/mol. The maximum absolute atomic E-state index is 11.4. The summed E-state index contributed by atoms with van der Waals surface area (Å²) in [5.74, 6) is 0.453. The molecule has 1 heterocycles. The van der Waals surface area contributed by atoms with Crippen molar-refractivity contribution in [3.63, 3.8) is 0 Å². The highest BCUT2D eigenvalue weighted by atomic mass is 16.5. The van der Waals surface area contributed by atoms with Gasteiger partial charge in [0.05, 0.1) is 30.8 Å². The van der Waals surface area contributed by atoms with E-state index in [-0.39, 0.29) is 12.6 Å². The molecule has 0 amide bonds. The molecule has 0 aliphatic carbocycles. The van der Waals surface area contributed by atoms with Crippen LogP contribution < -0.4 is 4.74 Å². The van der Waals surface area contributed by atoms with Gasteiger partial charge < -0.3 is 14.6 Å². The Morgan fingerprint density at radius 1 is 1.13 bits per heavy atom. The number of aryl methyl sites for hydroxylation is 1. The summed E-state index contributed by atoms with van der Waals surface area (Å²) in [6.45, 7) is 5.65. The first-order valence-corrected chi connectivity index (χ1v) is 10.5. The lowest BCUT2D eigenvalue weighted by atomic mass is 9.90. The lowest BCUT2D eigenvalue weighted by Gasteiger charge is -2.24. The van der Waals surface area contributed by atoms with Gasteiger partial charge in [0, 0.05) is 12.5 Å². The number of aromatic nitrogens is 2. The zero-order valence-electron chi connectivity index (χ0n) is 18.6. The highest BCUT2D eigenvalue weighted by Gasteiger charge is 2.31. The highest BCUT2D eigenvalue weighted by molar-refractivity contribution is 5.66. The van der Waals surface area contributed by atoms with E-state index in [1.165, 1.54) is 12.5 Å². The largest absolute Gasteiger partial charge is 0.497 e. The zero-order chi connectivity index (χ0) is 22.4. The number of methoxy groups -OCH3 is 1. The molecule has 164 valence electrons. The summed E-state index contributed by atoms with van der Waals surface area (Å²) in [6.07, 6.45) is 1.50. The number of ether oxygens (including phenoxy) is 2. The lowest BCUT2D eigenvalue weighted by Crippen LogP contribution is -2.26. The molecule has 31 heavy (non-hydrogen) atoms. The van der Waals surface area contributed by atoms with E-state index < -0.39 is 5.60 Å². The van der Waals surface area contributed by atoms with E-state index in [2.05, 4.69) is 31.2 Å². The number of carbonyl (C=O) groups is 1. The second-order valence-electron chi connectivity index (χ2n) is 7.72. The van der Waals surface area contributed by atoms with Gasteiger partial charge in [-0.3, -0.25) is 4.79 Å². The van der Waals surface area contributed by atoms with Gasteiger partial charge in [0.15, 0.2) is 0 Å². The fourth-order valence-corrected chi connectivity index (χ4v) is 3.53. The summed E-state index contributed by atoms with van der Waals surface area (Å²) in [6, 6.07) is 17.9. The molecule has 1 N–H and O–H groups in total. The molecule has 1 aromatic heterocycles. The molecule has 1 atom stereocenters. The van der Waals surface area contributed by atoms with Crippen LogP contribution in [-0.4, -0.2) is 34.6 Å². The molecule has 0 bridgehead atoms. The van der Waals surface area contributed by atoms with Crippen LogP contribution in [0.1, 0.15) is 44.4 Å². The Labute approximate surface area is 183 Å². The van der Waals surface area contributed by atoms with E-state index in [0.29, 0.717) is 25.0 Å². The van der Waals surface area contributed by atoms with Gasteiger partial charge in [-0.1, -0.05) is 36.8 Å². The molecule has 0 aliphatic heterocycles. The SMILES string of the molecule is CCC(O)(CCCOC(C)=O)c1cc(-c2ccc(C)cc2)n(-c2ccc(OC)cc2)n1. The molecule has 6 heteroatoms. The van der Waals surface area contributed by atoms with Crippen molar-refractivity contribution in [1.29, 1.82) is 0 Å². The van der Waals surface area contributed by atoms with Crippen molar-refractivity contribution in [1.82, 2.24) is 9.78 Å². The predicted octanol–water partition coefficient (Wildman–Crippen LogP) is 4.80. The van der Waals surface area contributed by atoms with Crippen molar-refractivity contribution in [2.45, 2.75) is 45.6 Å². The third kappa shape index (κ3) is 5.33. The molecular weight excluding hydrogens is 392 g/mol. The first kappa shape index (κ1) is 22.6. The van der Waals surface area contributed by atoms with Gasteiger partial charge in [0.2, 0.25) is 0 Å². The van der Waals surface area contributed by atoms with Crippen LogP contribution in [0.4, 0.5) is 0 Å². The zero-order valence-corrected chi connectivity index (χ0v) is 18.6. The Morgan fingerprint density at radius 3 is 2.39 bits per heavy atom. The molecule has 3 rings (SSSR count). The Hall–Kier alpha value is -3.12. The van der Waals surface area contributed by atoms with Crippen LogP contribution in [0.25, 0.3) is 16.9 Å². The van der Waals surface area contributed by atoms with Crippen molar-refractivity contribution >= 4 is 5.97 Å². The third-order valence-electron chi connectivity index (χ3n) is 5.48. The number of carbonyl (C=O) groups excluding carboxylic acids is 1. The quantitative estimate of drug-likeness (QED) is 0.396. The molecule has 1 unspecified atom stereocenters. The van der Waals surface area contributed by atoms with Crippen LogP contribution in [0.3, 0.4) is 0 Å². The summed E-state index contributed by atoms with van der Waals surface area (Å²) in [7, 11) is 1.63. The normalized spacial score (nSPS) is 12.9. The molecule has 0 saturated carbocycles. The summed E-state index contributed by atoms with van der Waals surface area (Å²) in [5.41, 5.74) is 3.45. The number of benzene rings is 2. The van der Waals surface area contributed by atoms with Gasteiger partial charge in [-0.25, -0.2) is 4.68 Å². The van der Waals surface area contributed by atoms with Crippen LogP contribution in [0.5, 0.6) is 5.75 Å². The molecule has 3 aromatic rings. The molecule has 2 aromatic carbocycles. The highest BCUT2D eigenvalue weighted by Crippen LogP contribution is 2.34. The Morgan fingerprint density at radius 2 is 1.81 bits per heavy atom. The van der Waals surface area contributed by atoms with Gasteiger partial charge in [-0.15, -0.1) is 0 Å². The Balaban J connectivity index is 2.00. The summed E-state index contributed by atoms with van der Waals surface area (Å²) >= 11 is 0. The number of hydrogen-bond donors (Lipinski definition) is 1. The fraction of sp³-hybridized carbons (Fsp3) is 0.360. The summed E-state index contributed by atoms with van der Waals surface area (Å²) in [4.78, 5) is 11.0. The maximum Gasteiger partial charge on any atom is 0.302 e. The van der Waals surface area contributed by atoms with E-state index in [1.54, 1.807) is 7.11 Å². The summed E-state index contributed by atoms with van der Waals surface area (Å²) < 4.78 is 12.2. The van der Waals surface area contributed by atoms with Crippen molar-refractivity contribution in [2.75, 3.05) is 13.7 Å². The molecule has 0 aliphatic rings. The number of rotatable bonds is 9. The smallest absolute Gasteiger partial charge is 0.302 e. The van der Waals surface area contributed by atoms with Gasteiger partial charge in [-0.05, 0) is 56.5 Å². The maximum atomic E-state index is 11.4. The minimum absolute atomic E-state index is 0.279. The average molecular weight is 423 g/mol. The summed E-state index contributed by atoms with van der Waals surface area (Å²) in [5, 5.41) is 16.2. The van der Waals surface area contributed by atoms with Gasteiger partial charge in [0.1, 0.15) is 11.4 Å². The van der Waals surface area contributed by atoms with Crippen molar-refractivity contribution in [3.05, 3.63) is 65.9 Å². The Bertz CT molecular complexity index is 1010. The first-order chi connectivity index (χ1) is 14.9. The first-order valence-electron chi connectivity index (χ1n) is 10.5. The minimum atomic E-state index is -1.11. The lowest BCUT2D eigenvalue weighted by molar-refractivity contribution is -0.141. The van der Waals surface area contributed by atoms with Gasteiger partial charge in [-0.2, -0.15) is 5.10 Å². The number of aliphatic hydroxyl groups is 1. The molecule has 0 fully saturated rings. The fourth-order valence-electron chi connectivity index (χ4n) is 3.53. The van der Waals surface area contributed by atoms with Crippen molar-refractivity contribution in [3.8, 4) is 22.7 Å². The Kier molecular flexibility index (Phi) is 7.13. The van der Waals surface area contributed by atoms with E-state index >= 15 is 0 Å². The monoisotopic (exact) mass is 422 g/mol. The minimum Gasteiger partial charge on any atom is -0.497 e. The third-order valence-corrected chi connectivity index (χ3v) is 5.48. The molecule has 0 radical (unpaired) electrons. The second kappa shape index (κ2) is 9.79. The standard InChI is InChI=1S/C25H30N2O4/c1-5-25(29,15-6-16-31-19(3)28)24-17-23(20-9-7-18(2)8-10-20)27(26-24)21-11-13-22(30-4)14-12-21/h7-14,17,29H,5-6,15-16H2,1-4H3. The van der Waals surface area contributed by atoms with Crippen LogP contribution in [-0.2, 0) is 15.1 Å². The van der Waals surface area contributed by atoms with Crippen LogP contribution in [0.2, 0.25) is 0 Å². The number of hydrogen-bond acceptors (Lipinski definition) is 5. The van der Waals surface area contributed by atoms with Crippen LogP contribution in [0.15, 0.2) is 54.6 Å². The number of esters is 1. The van der Waals surface area contributed by atoms with E-state index in [1.807, 2.05) is 41.9 Å². The second-order valence-corrected chi connectivity index (χ2v) is 7.72. The van der Waals surface area contributed by atoms with E-state index in [4.69, 9.17) is 14.6 Å². The van der Waals surface area contributed by atoms with E-state index in [0.717, 1.165) is 22.7 Å². The van der Waals surface area contributed by atoms with Crippen molar-refractivity contribution in [2.24, 2.45) is 0 Å². The molecule has 0 spiro atoms. The number of nitrogens with zero attached hydrogens (tertiary/aromatic N) is 2. The van der Waals surface area contributed by atoms with E-state index in [9.17, 15) is 9.90 Å².